The van der Waals surface area contributed by atoms with Crippen molar-refractivity contribution in [3.63, 3.8) is 0 Å². The van der Waals surface area contributed by atoms with Gasteiger partial charge >= 0.3 is 18.3 Å². The van der Waals surface area contributed by atoms with Gasteiger partial charge in [-0.05, 0) is 73.1 Å². The minimum atomic E-state index is -5.01. The molecule has 6 nitrogen and oxygen atoms in total. The number of halogens is 7. The van der Waals surface area contributed by atoms with Gasteiger partial charge in [0.1, 0.15) is 17.9 Å². The highest BCUT2D eigenvalue weighted by Gasteiger charge is 2.42. The number of pyridine rings is 1. The Morgan fingerprint density at radius 3 is 2.30 bits per heavy atom. The summed E-state index contributed by atoms with van der Waals surface area (Å²) in [5.74, 6) is -2.88. The maximum atomic E-state index is 13.7. The van der Waals surface area contributed by atoms with Gasteiger partial charge in [0.15, 0.2) is 11.5 Å². The van der Waals surface area contributed by atoms with Crippen LogP contribution in [0.15, 0.2) is 66.9 Å². The van der Waals surface area contributed by atoms with E-state index in [1.54, 1.807) is 24.3 Å². The molecule has 0 bridgehead atoms. The van der Waals surface area contributed by atoms with Crippen molar-refractivity contribution < 1.29 is 41.0 Å². The zero-order valence-electron chi connectivity index (χ0n) is 22.3. The average molecular weight is 624 g/mol. The van der Waals surface area contributed by atoms with Crippen molar-refractivity contribution in [2.24, 2.45) is 5.92 Å². The van der Waals surface area contributed by atoms with Crippen LogP contribution in [0.25, 0.3) is 17.1 Å². The lowest BCUT2D eigenvalue weighted by Crippen LogP contribution is -2.27. The van der Waals surface area contributed by atoms with E-state index in [9.17, 15) is 36.2 Å². The number of carbonyl (C=O) groups is 1. The molecule has 0 unspecified atom stereocenters. The van der Waals surface area contributed by atoms with Gasteiger partial charge in [-0.2, -0.15) is 31.4 Å². The number of hydrogen-bond donors (Lipinski definition) is 1. The number of benzene rings is 2. The molecule has 2 heterocycles. The van der Waals surface area contributed by atoms with Crippen molar-refractivity contribution in [2.45, 2.75) is 50.6 Å². The lowest BCUT2D eigenvalue weighted by molar-refractivity contribution is -0.182. The Hall–Kier alpha value is -4.06. The van der Waals surface area contributed by atoms with E-state index in [4.69, 9.17) is 16.3 Å². The number of alkyl halides is 6. The molecule has 0 spiro atoms. The highest BCUT2D eigenvalue weighted by Crippen LogP contribution is 2.43. The zero-order chi connectivity index (χ0) is 30.9. The Kier molecular flexibility index (Phi) is 8.42. The fourth-order valence-electron chi connectivity index (χ4n) is 5.27. The summed E-state index contributed by atoms with van der Waals surface area (Å²) in [6, 6.07) is 16.4. The van der Waals surface area contributed by atoms with Gasteiger partial charge in [-0.15, -0.1) is 0 Å². The van der Waals surface area contributed by atoms with Crippen molar-refractivity contribution in [2.75, 3.05) is 0 Å². The van der Waals surface area contributed by atoms with Gasteiger partial charge in [0.2, 0.25) is 0 Å². The molecule has 1 saturated carbocycles. The minimum absolute atomic E-state index is 0.0639. The molecule has 1 aliphatic carbocycles. The predicted octanol–water partition coefficient (Wildman–Crippen LogP) is 8.72. The van der Waals surface area contributed by atoms with E-state index in [1.165, 1.54) is 12.1 Å². The number of nitrogens with zero attached hydrogens (tertiary/aromatic N) is 3. The second-order valence-electron chi connectivity index (χ2n) is 10.3. The third kappa shape index (κ3) is 6.79. The second-order valence-corrected chi connectivity index (χ2v) is 10.7. The molecule has 1 N–H and O–H groups in total. The van der Waals surface area contributed by atoms with Crippen LogP contribution in [0.1, 0.15) is 58.8 Å². The number of aromatic carboxylic acids is 1. The molecule has 0 saturated heterocycles. The summed E-state index contributed by atoms with van der Waals surface area (Å²) in [7, 11) is 0. The number of carboxylic acids is 1. The molecule has 2 aromatic heterocycles. The molecule has 1 aliphatic rings. The Morgan fingerprint density at radius 2 is 1.67 bits per heavy atom. The van der Waals surface area contributed by atoms with E-state index >= 15 is 0 Å². The van der Waals surface area contributed by atoms with Crippen LogP contribution in [0.4, 0.5) is 26.3 Å². The van der Waals surface area contributed by atoms with E-state index < -0.39 is 35.5 Å². The van der Waals surface area contributed by atoms with Gasteiger partial charge in [-0.25, -0.2) is 14.5 Å². The van der Waals surface area contributed by atoms with Crippen molar-refractivity contribution in [3.05, 3.63) is 94.3 Å². The molecule has 226 valence electrons. The maximum absolute atomic E-state index is 13.7. The summed E-state index contributed by atoms with van der Waals surface area (Å²) in [6.45, 7) is 0.120. The Balaban J connectivity index is 1.34. The van der Waals surface area contributed by atoms with Crippen molar-refractivity contribution in [3.8, 4) is 22.8 Å². The highest BCUT2D eigenvalue weighted by atomic mass is 35.5. The standard InChI is InChI=1S/C30H24ClF6N3O3/c31-21-12-13-25(43-16-17-4-6-18(7-5-17)19-8-10-20(11-9-19)29(32,33)34)22(14-21)24-2-1-3-26(39-24)40-27(30(35,36)37)23(15-38-40)28(41)42/h1-7,12-15,19-20H,8-11,16H2,(H,41,42)/t19-,20-. The lowest BCUT2D eigenvalue weighted by atomic mass is 9.78. The molecule has 2 aromatic carbocycles. The Bertz CT molecular complexity index is 1610. The molecule has 5 rings (SSSR count). The highest BCUT2D eigenvalue weighted by molar-refractivity contribution is 6.31. The summed E-state index contributed by atoms with van der Waals surface area (Å²) >= 11 is 6.21. The largest absolute Gasteiger partial charge is 0.488 e. The van der Waals surface area contributed by atoms with E-state index in [0.29, 0.717) is 40.1 Å². The van der Waals surface area contributed by atoms with Crippen LogP contribution in [-0.4, -0.2) is 32.0 Å². The molecule has 0 atom stereocenters. The van der Waals surface area contributed by atoms with Crippen molar-refractivity contribution >= 4 is 17.6 Å². The summed E-state index contributed by atoms with van der Waals surface area (Å²) in [4.78, 5) is 15.7. The Labute approximate surface area is 246 Å². The fraction of sp³-hybridized carbons (Fsp3) is 0.300. The molecule has 4 aromatic rings. The SMILES string of the molecule is O=C(O)c1cnn(-c2cccc(-c3cc(Cl)ccc3OCc3ccc([C@H]4CC[C@H](C(F)(F)F)CC4)cc3)n2)c1C(F)(F)F. The van der Waals surface area contributed by atoms with Gasteiger partial charge in [-0.1, -0.05) is 41.9 Å². The second kappa shape index (κ2) is 11.9. The van der Waals surface area contributed by atoms with Gasteiger partial charge in [0, 0.05) is 10.6 Å². The number of rotatable bonds is 7. The van der Waals surface area contributed by atoms with Crippen LogP contribution in [0.5, 0.6) is 5.75 Å². The minimum Gasteiger partial charge on any atom is -0.488 e. The number of aromatic nitrogens is 3. The van der Waals surface area contributed by atoms with Crippen LogP contribution in [0.3, 0.4) is 0 Å². The van der Waals surface area contributed by atoms with E-state index in [-0.39, 0.29) is 36.9 Å². The number of hydrogen-bond acceptors (Lipinski definition) is 4. The normalized spacial score (nSPS) is 17.6. The van der Waals surface area contributed by atoms with Gasteiger partial charge in [0.25, 0.3) is 0 Å². The summed E-state index contributed by atoms with van der Waals surface area (Å²) < 4.78 is 86.7. The molecule has 0 radical (unpaired) electrons. The molecule has 43 heavy (non-hydrogen) atoms. The average Bonchev–Trinajstić information content (AvgIpc) is 3.43. The van der Waals surface area contributed by atoms with Crippen molar-refractivity contribution in [1.29, 1.82) is 0 Å². The van der Waals surface area contributed by atoms with Gasteiger partial charge in [-0.3, -0.25) is 0 Å². The van der Waals surface area contributed by atoms with Crippen molar-refractivity contribution in [1.82, 2.24) is 14.8 Å². The van der Waals surface area contributed by atoms with E-state index in [1.807, 2.05) is 24.3 Å². The van der Waals surface area contributed by atoms with E-state index in [0.717, 1.165) is 11.1 Å². The maximum Gasteiger partial charge on any atom is 0.434 e. The Morgan fingerprint density at radius 1 is 0.977 bits per heavy atom. The first-order chi connectivity index (χ1) is 20.3. The van der Waals surface area contributed by atoms with Crippen LogP contribution in [-0.2, 0) is 12.8 Å². The summed E-state index contributed by atoms with van der Waals surface area (Å²) in [5, 5.41) is 13.2. The third-order valence-electron chi connectivity index (χ3n) is 7.47. The van der Waals surface area contributed by atoms with Crippen LogP contribution >= 0.6 is 11.6 Å². The summed E-state index contributed by atoms with van der Waals surface area (Å²) in [6.07, 6.45) is -7.37. The number of carboxylic acid groups (broad SMARTS) is 1. The van der Waals surface area contributed by atoms with Crippen LogP contribution < -0.4 is 4.74 Å². The predicted molar refractivity (Wildman–Crippen MR) is 145 cm³/mol. The third-order valence-corrected chi connectivity index (χ3v) is 7.71. The first kappa shape index (κ1) is 30.4. The molecular formula is C30H24ClF6N3O3. The molecule has 13 heteroatoms. The zero-order valence-corrected chi connectivity index (χ0v) is 23.0. The first-order valence-electron chi connectivity index (χ1n) is 13.3. The fourth-order valence-corrected chi connectivity index (χ4v) is 5.44. The number of ether oxygens (including phenoxy) is 1. The van der Waals surface area contributed by atoms with Crippen LogP contribution in [0, 0.1) is 5.92 Å². The smallest absolute Gasteiger partial charge is 0.434 e. The molecule has 1 fully saturated rings. The monoisotopic (exact) mass is 623 g/mol. The summed E-state index contributed by atoms with van der Waals surface area (Å²) in [5.41, 5.74) is -0.120. The van der Waals surface area contributed by atoms with Crippen LogP contribution in [0.2, 0.25) is 5.02 Å². The van der Waals surface area contributed by atoms with E-state index in [2.05, 4.69) is 10.1 Å². The lowest BCUT2D eigenvalue weighted by Gasteiger charge is -2.30. The topological polar surface area (TPSA) is 77.2 Å². The molecule has 0 aliphatic heterocycles. The van der Waals surface area contributed by atoms with Gasteiger partial charge in [0.05, 0.1) is 17.8 Å². The quantitative estimate of drug-likeness (QED) is 0.208. The van der Waals surface area contributed by atoms with Gasteiger partial charge < -0.3 is 9.84 Å². The molecular weight excluding hydrogens is 600 g/mol. The molecule has 0 amide bonds. The first-order valence-corrected chi connectivity index (χ1v) is 13.6.